The van der Waals surface area contributed by atoms with Crippen LogP contribution >= 0.6 is 11.6 Å². The molecule has 1 heterocycles. The van der Waals surface area contributed by atoms with Gasteiger partial charge in [0.25, 0.3) is 0 Å². The van der Waals surface area contributed by atoms with Crippen molar-refractivity contribution < 1.29 is 9.52 Å². The van der Waals surface area contributed by atoms with Gasteiger partial charge in [0.1, 0.15) is 6.26 Å². The van der Waals surface area contributed by atoms with Crippen molar-refractivity contribution >= 4 is 11.6 Å². The zero-order chi connectivity index (χ0) is 11.5. The van der Waals surface area contributed by atoms with Crippen LogP contribution in [-0.4, -0.2) is 16.7 Å². The number of aromatic nitrogens is 1. The minimum Gasteiger partial charge on any atom is -0.444 e. The lowest BCUT2D eigenvalue weighted by molar-refractivity contribution is 0.271. The third-order valence-corrected chi connectivity index (χ3v) is 2.64. The van der Waals surface area contributed by atoms with Gasteiger partial charge in [0.15, 0.2) is 0 Å². The van der Waals surface area contributed by atoms with E-state index in [9.17, 15) is 0 Å². The number of hydrogen-bond donors (Lipinski definition) is 1. The number of aliphatic hydroxyl groups excluding tert-OH is 1. The number of nitrogens with zero attached hydrogens (tertiary/aromatic N) is 1. The average Bonchev–Trinajstić information content (AvgIpc) is 2.78. The second-order valence-electron chi connectivity index (χ2n) is 3.67. The van der Waals surface area contributed by atoms with Crippen molar-refractivity contribution in [2.24, 2.45) is 0 Å². The van der Waals surface area contributed by atoms with E-state index in [4.69, 9.17) is 21.1 Å². The highest BCUT2D eigenvalue weighted by Crippen LogP contribution is 2.23. The molecular weight excluding hydrogens is 226 g/mol. The quantitative estimate of drug-likeness (QED) is 0.892. The summed E-state index contributed by atoms with van der Waals surface area (Å²) < 4.78 is 5.35. The summed E-state index contributed by atoms with van der Waals surface area (Å²) in [5, 5.41) is 9.69. The molecule has 0 saturated carbocycles. The zero-order valence-corrected chi connectivity index (χ0v) is 9.61. The van der Waals surface area contributed by atoms with Crippen LogP contribution in [0.3, 0.4) is 0 Å². The summed E-state index contributed by atoms with van der Waals surface area (Å²) >= 11 is 5.79. The molecule has 16 heavy (non-hydrogen) atoms. The number of benzene rings is 1. The number of halogens is 1. The Balaban J connectivity index is 2.28. The van der Waals surface area contributed by atoms with Gasteiger partial charge in [-0.1, -0.05) is 18.5 Å². The van der Waals surface area contributed by atoms with Gasteiger partial charge >= 0.3 is 0 Å². The molecule has 3 nitrogen and oxygen atoms in total. The molecular formula is C12H12ClNO2. The molecule has 4 heteroatoms. The van der Waals surface area contributed by atoms with E-state index >= 15 is 0 Å². The third kappa shape index (κ3) is 2.26. The Hall–Kier alpha value is -1.32. The van der Waals surface area contributed by atoms with Crippen molar-refractivity contribution in [3.05, 3.63) is 41.2 Å². The largest absolute Gasteiger partial charge is 0.444 e. The topological polar surface area (TPSA) is 46.3 Å². The van der Waals surface area contributed by atoms with Gasteiger partial charge in [-0.2, -0.15) is 0 Å². The molecule has 0 aliphatic rings. The number of aliphatic hydroxyl groups is 1. The lowest BCUT2D eigenvalue weighted by Gasteiger charge is -2.00. The maximum absolute atomic E-state index is 9.01. The Bertz CT molecular complexity index is 464. The molecule has 1 unspecified atom stereocenters. The highest BCUT2D eigenvalue weighted by molar-refractivity contribution is 6.30. The van der Waals surface area contributed by atoms with Crippen molar-refractivity contribution in [1.29, 1.82) is 0 Å². The smallest absolute Gasteiger partial charge is 0.226 e. The molecule has 1 aromatic carbocycles. The molecule has 84 valence electrons. The van der Waals surface area contributed by atoms with Crippen molar-refractivity contribution in [3.63, 3.8) is 0 Å². The van der Waals surface area contributed by atoms with E-state index in [0.717, 1.165) is 11.3 Å². The van der Waals surface area contributed by atoms with E-state index in [1.807, 2.05) is 19.1 Å². The Kier molecular flexibility index (Phi) is 3.27. The summed E-state index contributed by atoms with van der Waals surface area (Å²) in [6, 6.07) is 7.27. The van der Waals surface area contributed by atoms with Gasteiger partial charge in [-0.15, -0.1) is 0 Å². The summed E-state index contributed by atoms with van der Waals surface area (Å²) in [6.45, 7) is 1.95. The van der Waals surface area contributed by atoms with E-state index in [1.165, 1.54) is 0 Å². The molecule has 2 aromatic rings. The van der Waals surface area contributed by atoms with Crippen LogP contribution in [0.4, 0.5) is 0 Å². The third-order valence-electron chi connectivity index (χ3n) is 2.39. The standard InChI is InChI=1S/C12H12ClNO2/c1-8(6-15)11-7-16-12(14-11)9-2-4-10(13)5-3-9/h2-5,7-8,15H,6H2,1H3. The van der Waals surface area contributed by atoms with E-state index in [1.54, 1.807) is 18.4 Å². The lowest BCUT2D eigenvalue weighted by Crippen LogP contribution is -1.98. The Morgan fingerprint density at radius 2 is 2.06 bits per heavy atom. The van der Waals surface area contributed by atoms with Crippen LogP contribution in [0.2, 0.25) is 5.02 Å². The van der Waals surface area contributed by atoms with Crippen molar-refractivity contribution in [2.75, 3.05) is 6.61 Å². The van der Waals surface area contributed by atoms with Crippen LogP contribution in [0.15, 0.2) is 34.9 Å². The predicted octanol–water partition coefficient (Wildman–Crippen LogP) is 3.09. The molecule has 1 atom stereocenters. The van der Waals surface area contributed by atoms with Gasteiger partial charge in [0.2, 0.25) is 5.89 Å². The highest BCUT2D eigenvalue weighted by atomic mass is 35.5. The molecule has 2 rings (SSSR count). The van der Waals surface area contributed by atoms with Crippen LogP contribution in [0, 0.1) is 0 Å². The van der Waals surface area contributed by atoms with Crippen LogP contribution in [0.1, 0.15) is 18.5 Å². The predicted molar refractivity (Wildman–Crippen MR) is 62.4 cm³/mol. The molecule has 0 aliphatic heterocycles. The van der Waals surface area contributed by atoms with Crippen molar-refractivity contribution in [2.45, 2.75) is 12.8 Å². The SMILES string of the molecule is CC(CO)c1coc(-c2ccc(Cl)cc2)n1. The minimum absolute atomic E-state index is 0.00944. The molecule has 0 radical (unpaired) electrons. The first-order chi connectivity index (χ1) is 7.70. The van der Waals surface area contributed by atoms with Gasteiger partial charge in [0.05, 0.1) is 12.3 Å². The molecule has 0 spiro atoms. The molecule has 0 aliphatic carbocycles. The summed E-state index contributed by atoms with van der Waals surface area (Å²) in [4.78, 5) is 4.31. The summed E-state index contributed by atoms with van der Waals surface area (Å²) in [5.74, 6) is 0.539. The maximum atomic E-state index is 9.01. The lowest BCUT2D eigenvalue weighted by atomic mass is 10.1. The van der Waals surface area contributed by atoms with Crippen LogP contribution in [-0.2, 0) is 0 Å². The average molecular weight is 238 g/mol. The summed E-state index contributed by atoms with van der Waals surface area (Å²) in [7, 11) is 0. The van der Waals surface area contributed by atoms with Crippen LogP contribution in [0.5, 0.6) is 0 Å². The van der Waals surface area contributed by atoms with Gasteiger partial charge in [-0.25, -0.2) is 4.98 Å². The second-order valence-corrected chi connectivity index (χ2v) is 4.10. The maximum Gasteiger partial charge on any atom is 0.226 e. The highest BCUT2D eigenvalue weighted by Gasteiger charge is 2.11. The Morgan fingerprint density at radius 1 is 1.38 bits per heavy atom. The van der Waals surface area contributed by atoms with Gasteiger partial charge < -0.3 is 9.52 Å². The Labute approximate surface area is 98.7 Å². The number of rotatable bonds is 3. The van der Waals surface area contributed by atoms with Gasteiger partial charge in [-0.05, 0) is 24.3 Å². The molecule has 1 aromatic heterocycles. The van der Waals surface area contributed by atoms with Crippen LogP contribution < -0.4 is 0 Å². The molecule has 0 amide bonds. The number of oxazole rings is 1. The zero-order valence-electron chi connectivity index (χ0n) is 8.85. The van der Waals surface area contributed by atoms with Gasteiger partial charge in [0, 0.05) is 16.5 Å². The van der Waals surface area contributed by atoms with Gasteiger partial charge in [-0.3, -0.25) is 0 Å². The molecule has 1 N–H and O–H groups in total. The van der Waals surface area contributed by atoms with Crippen molar-refractivity contribution in [3.8, 4) is 11.5 Å². The van der Waals surface area contributed by atoms with E-state index in [2.05, 4.69) is 4.98 Å². The monoisotopic (exact) mass is 237 g/mol. The fraction of sp³-hybridized carbons (Fsp3) is 0.250. The van der Waals surface area contributed by atoms with E-state index in [0.29, 0.717) is 10.9 Å². The first-order valence-corrected chi connectivity index (χ1v) is 5.40. The summed E-state index contributed by atoms with van der Waals surface area (Å²) in [5.41, 5.74) is 1.63. The molecule has 0 bridgehead atoms. The minimum atomic E-state index is -0.00944. The first-order valence-electron chi connectivity index (χ1n) is 5.03. The van der Waals surface area contributed by atoms with Crippen LogP contribution in [0.25, 0.3) is 11.5 Å². The molecule has 0 saturated heterocycles. The molecule has 0 fully saturated rings. The fourth-order valence-corrected chi connectivity index (χ4v) is 1.46. The number of hydrogen-bond acceptors (Lipinski definition) is 3. The van der Waals surface area contributed by atoms with E-state index < -0.39 is 0 Å². The second kappa shape index (κ2) is 4.68. The van der Waals surface area contributed by atoms with E-state index in [-0.39, 0.29) is 12.5 Å². The first kappa shape index (κ1) is 11.2. The van der Waals surface area contributed by atoms with Crippen molar-refractivity contribution in [1.82, 2.24) is 4.98 Å². The normalized spacial score (nSPS) is 12.7. The fourth-order valence-electron chi connectivity index (χ4n) is 1.33. The summed E-state index contributed by atoms with van der Waals surface area (Å²) in [6.07, 6.45) is 1.57. The Morgan fingerprint density at radius 3 is 2.69 bits per heavy atom.